The summed E-state index contributed by atoms with van der Waals surface area (Å²) in [6.45, 7) is 4.67. The van der Waals surface area contributed by atoms with E-state index in [1.807, 2.05) is 18.2 Å². The van der Waals surface area contributed by atoms with Crippen molar-refractivity contribution in [2.45, 2.75) is 19.3 Å². The van der Waals surface area contributed by atoms with Crippen LogP contribution in [0.25, 0.3) is 67.2 Å². The second kappa shape index (κ2) is 9.85. The van der Waals surface area contributed by atoms with E-state index in [0.717, 1.165) is 33.0 Å². The maximum atomic E-state index is 5.10. The Hall–Kier alpha value is -5.41. The molecule has 7 aromatic rings. The van der Waals surface area contributed by atoms with Gasteiger partial charge >= 0.3 is 0 Å². The summed E-state index contributed by atoms with van der Waals surface area (Å²) in [4.78, 5) is 15.1. The van der Waals surface area contributed by atoms with E-state index in [1.54, 1.807) is 0 Å². The fourth-order valence-electron chi connectivity index (χ4n) is 6.68. The summed E-state index contributed by atoms with van der Waals surface area (Å²) in [5, 5.41) is 2.28. The van der Waals surface area contributed by atoms with Crippen molar-refractivity contribution >= 4 is 10.8 Å². The zero-order valence-corrected chi connectivity index (χ0v) is 24.1. The van der Waals surface area contributed by atoms with Gasteiger partial charge in [-0.25, -0.2) is 15.0 Å². The first-order chi connectivity index (χ1) is 21.1. The van der Waals surface area contributed by atoms with Gasteiger partial charge in [0.2, 0.25) is 0 Å². The first-order valence-electron chi connectivity index (χ1n) is 14.7. The van der Waals surface area contributed by atoms with Gasteiger partial charge in [0.05, 0.1) is 0 Å². The topological polar surface area (TPSA) is 38.7 Å². The van der Waals surface area contributed by atoms with Crippen molar-refractivity contribution in [2.75, 3.05) is 0 Å². The fraction of sp³-hybridized carbons (Fsp3) is 0.0750. The van der Waals surface area contributed by atoms with Crippen LogP contribution in [0.2, 0.25) is 0 Å². The molecule has 0 fully saturated rings. The van der Waals surface area contributed by atoms with Crippen LogP contribution in [0.4, 0.5) is 0 Å². The molecule has 0 aliphatic heterocycles. The van der Waals surface area contributed by atoms with Crippen LogP contribution >= 0.6 is 0 Å². The monoisotopic (exact) mass is 551 g/mol. The summed E-state index contributed by atoms with van der Waals surface area (Å²) in [5.41, 5.74) is 10.6. The molecular formula is C40H29N3. The van der Waals surface area contributed by atoms with E-state index in [9.17, 15) is 0 Å². The largest absolute Gasteiger partial charge is 0.208 e. The molecule has 8 rings (SSSR count). The normalized spacial score (nSPS) is 13.1. The third-order valence-electron chi connectivity index (χ3n) is 8.71. The average Bonchev–Trinajstić information content (AvgIpc) is 3.31. The minimum atomic E-state index is -0.103. The molecule has 0 amide bonds. The molecule has 1 aromatic heterocycles. The van der Waals surface area contributed by atoms with Gasteiger partial charge in [0, 0.05) is 22.1 Å². The Labute approximate surface area is 251 Å². The highest BCUT2D eigenvalue weighted by molar-refractivity contribution is 5.95. The molecule has 3 heteroatoms. The molecule has 0 radical (unpaired) electrons. The van der Waals surface area contributed by atoms with E-state index in [0.29, 0.717) is 17.5 Å². The summed E-state index contributed by atoms with van der Waals surface area (Å²) >= 11 is 0. The van der Waals surface area contributed by atoms with Gasteiger partial charge in [0.15, 0.2) is 17.5 Å². The van der Waals surface area contributed by atoms with Crippen molar-refractivity contribution in [1.82, 2.24) is 15.0 Å². The molecule has 43 heavy (non-hydrogen) atoms. The van der Waals surface area contributed by atoms with Gasteiger partial charge in [-0.05, 0) is 50.2 Å². The zero-order chi connectivity index (χ0) is 29.0. The van der Waals surface area contributed by atoms with Gasteiger partial charge in [-0.3, -0.25) is 0 Å². The minimum absolute atomic E-state index is 0.103. The Morgan fingerprint density at radius 2 is 0.977 bits per heavy atom. The van der Waals surface area contributed by atoms with Gasteiger partial charge in [-0.1, -0.05) is 147 Å². The van der Waals surface area contributed by atoms with E-state index < -0.39 is 0 Å². The first-order valence-corrected chi connectivity index (χ1v) is 14.7. The molecule has 6 aromatic carbocycles. The number of nitrogens with zero attached hydrogens (tertiary/aromatic N) is 3. The predicted octanol–water partition coefficient (Wildman–Crippen LogP) is 10.00. The van der Waals surface area contributed by atoms with E-state index in [-0.39, 0.29) is 5.41 Å². The fourth-order valence-corrected chi connectivity index (χ4v) is 6.68. The molecule has 0 saturated carbocycles. The van der Waals surface area contributed by atoms with Crippen molar-refractivity contribution in [3.8, 4) is 56.4 Å². The van der Waals surface area contributed by atoms with Crippen molar-refractivity contribution in [2.24, 2.45) is 0 Å². The molecular weight excluding hydrogens is 522 g/mol. The SMILES string of the molecule is CC1(C)c2ccccc2-c2cccc(-c3cccc(-c4nc(-c5ccccc5)nc(-c5cccc6ccccc56)n4)c3)c21. The molecule has 204 valence electrons. The lowest BCUT2D eigenvalue weighted by molar-refractivity contribution is 0.662. The Balaban J connectivity index is 1.31. The molecule has 0 atom stereocenters. The number of aromatic nitrogens is 3. The highest BCUT2D eigenvalue weighted by Gasteiger charge is 2.37. The van der Waals surface area contributed by atoms with Crippen LogP contribution in [0.3, 0.4) is 0 Å². The van der Waals surface area contributed by atoms with E-state index in [4.69, 9.17) is 15.0 Å². The van der Waals surface area contributed by atoms with Gasteiger partial charge < -0.3 is 0 Å². The molecule has 1 heterocycles. The number of fused-ring (bicyclic) bond motifs is 4. The second-order valence-electron chi connectivity index (χ2n) is 11.7. The Bertz CT molecular complexity index is 2160. The summed E-state index contributed by atoms with van der Waals surface area (Å²) in [6.07, 6.45) is 0. The average molecular weight is 552 g/mol. The van der Waals surface area contributed by atoms with Gasteiger partial charge in [-0.2, -0.15) is 0 Å². The Morgan fingerprint density at radius 3 is 1.86 bits per heavy atom. The van der Waals surface area contributed by atoms with E-state index in [2.05, 4.69) is 135 Å². The van der Waals surface area contributed by atoms with Gasteiger partial charge in [-0.15, -0.1) is 0 Å². The number of rotatable bonds is 4. The van der Waals surface area contributed by atoms with Crippen LogP contribution in [-0.4, -0.2) is 15.0 Å². The standard InChI is InChI=1S/C40H29N3/c1-40(2)35-24-9-8-20-32(35)33-22-12-21-31(36(33)40)28-17-10-18-29(25-28)38-41-37(27-14-4-3-5-15-27)42-39(43-38)34-23-11-16-26-13-6-7-19-30(26)34/h3-25H,1-2H3. The maximum Gasteiger partial charge on any atom is 0.164 e. The van der Waals surface area contributed by atoms with Crippen LogP contribution < -0.4 is 0 Å². The highest BCUT2D eigenvalue weighted by atomic mass is 15.0. The Morgan fingerprint density at radius 1 is 0.419 bits per heavy atom. The van der Waals surface area contributed by atoms with Gasteiger partial charge in [0.25, 0.3) is 0 Å². The molecule has 0 N–H and O–H groups in total. The summed E-state index contributed by atoms with van der Waals surface area (Å²) in [6, 6.07) is 48.9. The Kier molecular flexibility index (Phi) is 5.80. The lowest BCUT2D eigenvalue weighted by atomic mass is 9.79. The lowest BCUT2D eigenvalue weighted by Gasteiger charge is -2.24. The van der Waals surface area contributed by atoms with Crippen LogP contribution in [0.1, 0.15) is 25.0 Å². The van der Waals surface area contributed by atoms with Crippen molar-refractivity contribution < 1.29 is 0 Å². The molecule has 3 nitrogen and oxygen atoms in total. The predicted molar refractivity (Wildman–Crippen MR) is 177 cm³/mol. The minimum Gasteiger partial charge on any atom is -0.208 e. The summed E-state index contributed by atoms with van der Waals surface area (Å²) < 4.78 is 0. The number of hydrogen-bond donors (Lipinski definition) is 0. The highest BCUT2D eigenvalue weighted by Crippen LogP contribution is 2.52. The molecule has 0 saturated heterocycles. The molecule has 1 aliphatic carbocycles. The zero-order valence-electron chi connectivity index (χ0n) is 24.1. The quantitative estimate of drug-likeness (QED) is 0.218. The third kappa shape index (κ3) is 4.16. The van der Waals surface area contributed by atoms with Gasteiger partial charge in [0.1, 0.15) is 0 Å². The third-order valence-corrected chi connectivity index (χ3v) is 8.71. The van der Waals surface area contributed by atoms with Crippen molar-refractivity contribution in [1.29, 1.82) is 0 Å². The molecule has 0 unspecified atom stereocenters. The van der Waals surface area contributed by atoms with Crippen LogP contribution in [0.5, 0.6) is 0 Å². The summed E-state index contributed by atoms with van der Waals surface area (Å²) in [7, 11) is 0. The smallest absolute Gasteiger partial charge is 0.164 e. The maximum absolute atomic E-state index is 5.10. The molecule has 0 spiro atoms. The lowest BCUT2D eigenvalue weighted by Crippen LogP contribution is -2.16. The second-order valence-corrected chi connectivity index (χ2v) is 11.7. The van der Waals surface area contributed by atoms with Crippen LogP contribution in [0, 0.1) is 0 Å². The number of benzene rings is 6. The molecule has 0 bridgehead atoms. The number of hydrogen-bond acceptors (Lipinski definition) is 3. The summed E-state index contributed by atoms with van der Waals surface area (Å²) in [5.74, 6) is 1.99. The van der Waals surface area contributed by atoms with E-state index in [1.165, 1.54) is 27.8 Å². The van der Waals surface area contributed by atoms with Crippen LogP contribution in [-0.2, 0) is 5.41 Å². The van der Waals surface area contributed by atoms with Crippen LogP contribution in [0.15, 0.2) is 140 Å². The molecule has 1 aliphatic rings. The van der Waals surface area contributed by atoms with E-state index >= 15 is 0 Å². The van der Waals surface area contributed by atoms with Crippen molar-refractivity contribution in [3.63, 3.8) is 0 Å². The first kappa shape index (κ1) is 25.3. The van der Waals surface area contributed by atoms with Crippen molar-refractivity contribution in [3.05, 3.63) is 151 Å².